The first-order valence-electron chi connectivity index (χ1n) is 5.35. The summed E-state index contributed by atoms with van der Waals surface area (Å²) in [6.45, 7) is 0.773. The lowest BCUT2D eigenvalue weighted by atomic mass is 10.2. The zero-order valence-electron chi connectivity index (χ0n) is 9.43. The third kappa shape index (κ3) is 3.38. The molecule has 2 nitrogen and oxygen atoms in total. The highest BCUT2D eigenvalue weighted by Crippen LogP contribution is 2.46. The number of hydrogen-bond donors (Lipinski definition) is 1. The molecule has 5 heteroatoms. The molecule has 0 atom stereocenters. The minimum atomic E-state index is 0.0241. The van der Waals surface area contributed by atoms with Crippen LogP contribution in [0.4, 0.5) is 0 Å². The van der Waals surface area contributed by atoms with E-state index in [-0.39, 0.29) is 5.91 Å². The Kier molecular flexibility index (Phi) is 4.41. The molecule has 0 aromatic heterocycles. The molecule has 0 radical (unpaired) electrons. The standard InChI is InChI=1S/C12H13BrINOS/c1-17-12(4-5-12)7-15-11(16)9-6-8(13)2-3-10(9)14/h2-3,6H,4-5,7H2,1H3,(H,15,16). The number of benzene rings is 1. The molecule has 1 saturated carbocycles. The topological polar surface area (TPSA) is 29.1 Å². The van der Waals surface area contributed by atoms with Gasteiger partial charge in [-0.25, -0.2) is 0 Å². The molecule has 1 aromatic carbocycles. The first-order valence-corrected chi connectivity index (χ1v) is 8.44. The van der Waals surface area contributed by atoms with E-state index in [2.05, 4.69) is 50.1 Å². The van der Waals surface area contributed by atoms with E-state index in [1.54, 1.807) is 0 Å². The Morgan fingerprint density at radius 1 is 1.59 bits per heavy atom. The van der Waals surface area contributed by atoms with Crippen molar-refractivity contribution in [3.63, 3.8) is 0 Å². The van der Waals surface area contributed by atoms with E-state index in [0.717, 1.165) is 20.2 Å². The van der Waals surface area contributed by atoms with Gasteiger partial charge in [-0.3, -0.25) is 4.79 Å². The first-order chi connectivity index (χ1) is 8.06. The number of carbonyl (C=O) groups is 1. The van der Waals surface area contributed by atoms with Crippen LogP contribution < -0.4 is 5.32 Å². The Morgan fingerprint density at radius 3 is 2.88 bits per heavy atom. The lowest BCUT2D eigenvalue weighted by molar-refractivity contribution is 0.0952. The summed E-state index contributed by atoms with van der Waals surface area (Å²) in [4.78, 5) is 12.1. The smallest absolute Gasteiger partial charge is 0.252 e. The first kappa shape index (κ1) is 13.7. The van der Waals surface area contributed by atoms with Gasteiger partial charge in [-0.2, -0.15) is 11.8 Å². The molecule has 1 aromatic rings. The Labute approximate surface area is 128 Å². The number of nitrogens with one attached hydrogen (secondary N) is 1. The third-order valence-corrected chi connectivity index (χ3v) is 5.84. The van der Waals surface area contributed by atoms with E-state index in [1.807, 2.05) is 30.0 Å². The molecule has 1 aliphatic rings. The van der Waals surface area contributed by atoms with Crippen molar-refractivity contribution in [3.05, 3.63) is 31.8 Å². The highest BCUT2D eigenvalue weighted by Gasteiger charge is 2.41. The molecule has 0 heterocycles. The fourth-order valence-electron chi connectivity index (χ4n) is 1.60. The van der Waals surface area contributed by atoms with Crippen molar-refractivity contribution in [1.29, 1.82) is 0 Å². The Bertz CT molecular complexity index is 448. The normalized spacial score (nSPS) is 16.6. The van der Waals surface area contributed by atoms with Crippen molar-refractivity contribution in [2.24, 2.45) is 0 Å². The van der Waals surface area contributed by atoms with Crippen LogP contribution in [0.1, 0.15) is 23.2 Å². The van der Waals surface area contributed by atoms with Crippen molar-refractivity contribution in [2.45, 2.75) is 17.6 Å². The molecule has 1 amide bonds. The van der Waals surface area contributed by atoms with Crippen LogP contribution in [0.5, 0.6) is 0 Å². The predicted molar refractivity (Wildman–Crippen MR) is 84.7 cm³/mol. The summed E-state index contributed by atoms with van der Waals surface area (Å²) < 4.78 is 2.24. The fourth-order valence-corrected chi connectivity index (χ4v) is 3.27. The van der Waals surface area contributed by atoms with E-state index < -0.39 is 0 Å². The van der Waals surface area contributed by atoms with Gasteiger partial charge in [0.1, 0.15) is 0 Å². The number of carbonyl (C=O) groups excluding carboxylic acids is 1. The number of rotatable bonds is 4. The van der Waals surface area contributed by atoms with Crippen molar-refractivity contribution in [2.75, 3.05) is 12.8 Å². The minimum Gasteiger partial charge on any atom is -0.351 e. The average molecular weight is 426 g/mol. The highest BCUT2D eigenvalue weighted by molar-refractivity contribution is 14.1. The van der Waals surface area contributed by atoms with Crippen LogP contribution in [0.2, 0.25) is 0 Å². The molecule has 0 saturated heterocycles. The Morgan fingerprint density at radius 2 is 2.29 bits per heavy atom. The van der Waals surface area contributed by atoms with Crippen molar-refractivity contribution in [1.82, 2.24) is 5.32 Å². The Hall–Kier alpha value is 0.250. The van der Waals surface area contributed by atoms with Crippen molar-refractivity contribution >= 4 is 56.2 Å². The van der Waals surface area contributed by atoms with Crippen LogP contribution in [0.3, 0.4) is 0 Å². The van der Waals surface area contributed by atoms with E-state index >= 15 is 0 Å². The summed E-state index contributed by atoms with van der Waals surface area (Å²) in [5.41, 5.74) is 0.747. The molecular weight excluding hydrogens is 413 g/mol. The number of amides is 1. The number of thioether (sulfide) groups is 1. The average Bonchev–Trinajstić information content (AvgIpc) is 3.10. The van der Waals surface area contributed by atoms with E-state index in [4.69, 9.17) is 0 Å². The van der Waals surface area contributed by atoms with Gasteiger partial charge in [0, 0.05) is 19.3 Å². The zero-order chi connectivity index (χ0) is 12.5. The molecule has 1 fully saturated rings. The van der Waals surface area contributed by atoms with Gasteiger partial charge in [-0.05, 0) is 59.9 Å². The zero-order valence-corrected chi connectivity index (χ0v) is 14.0. The summed E-state index contributed by atoms with van der Waals surface area (Å²) in [5, 5.41) is 3.04. The SMILES string of the molecule is CSC1(CNC(=O)c2cc(Br)ccc2I)CC1. The third-order valence-electron chi connectivity index (χ3n) is 2.98. The fraction of sp³-hybridized carbons (Fsp3) is 0.417. The molecule has 92 valence electrons. The summed E-state index contributed by atoms with van der Waals surface area (Å²) in [6, 6.07) is 5.76. The summed E-state index contributed by atoms with van der Waals surface area (Å²) in [7, 11) is 0. The molecule has 0 spiro atoms. The maximum atomic E-state index is 12.1. The van der Waals surface area contributed by atoms with Crippen molar-refractivity contribution < 1.29 is 4.79 Å². The maximum absolute atomic E-state index is 12.1. The molecule has 2 rings (SSSR count). The molecule has 1 aliphatic carbocycles. The van der Waals surface area contributed by atoms with Gasteiger partial charge in [0.25, 0.3) is 5.91 Å². The van der Waals surface area contributed by atoms with Crippen molar-refractivity contribution in [3.8, 4) is 0 Å². The lowest BCUT2D eigenvalue weighted by Crippen LogP contribution is -2.32. The maximum Gasteiger partial charge on any atom is 0.252 e. The van der Waals surface area contributed by atoms with Crippen LogP contribution >= 0.6 is 50.3 Å². The summed E-state index contributed by atoms with van der Waals surface area (Å²) in [5.74, 6) is 0.0241. The second-order valence-corrected chi connectivity index (χ2v) is 7.55. The lowest BCUT2D eigenvalue weighted by Gasteiger charge is -2.13. The molecule has 17 heavy (non-hydrogen) atoms. The highest BCUT2D eigenvalue weighted by atomic mass is 127. The molecule has 0 aliphatic heterocycles. The monoisotopic (exact) mass is 425 g/mol. The summed E-state index contributed by atoms with van der Waals surface area (Å²) in [6.07, 6.45) is 4.54. The Balaban J connectivity index is 2.02. The van der Waals surface area contributed by atoms with Gasteiger partial charge in [-0.15, -0.1) is 0 Å². The van der Waals surface area contributed by atoms with Crippen LogP contribution in [0, 0.1) is 3.57 Å². The molecular formula is C12H13BrINOS. The van der Waals surface area contributed by atoms with E-state index in [1.165, 1.54) is 12.8 Å². The van der Waals surface area contributed by atoms with Gasteiger partial charge in [0.05, 0.1) is 5.56 Å². The van der Waals surface area contributed by atoms with Crippen LogP contribution in [0.25, 0.3) is 0 Å². The van der Waals surface area contributed by atoms with Gasteiger partial charge in [0.2, 0.25) is 0 Å². The van der Waals surface area contributed by atoms with E-state index in [0.29, 0.717) is 4.75 Å². The predicted octanol–water partition coefficient (Wildman–Crippen LogP) is 3.68. The number of hydrogen-bond acceptors (Lipinski definition) is 2. The molecule has 1 N–H and O–H groups in total. The summed E-state index contributed by atoms with van der Waals surface area (Å²) >= 11 is 7.44. The molecule has 0 bridgehead atoms. The second-order valence-electron chi connectivity index (χ2n) is 4.19. The molecule has 0 unspecified atom stereocenters. The minimum absolute atomic E-state index is 0.0241. The number of halogens is 2. The van der Waals surface area contributed by atoms with E-state index in [9.17, 15) is 4.79 Å². The van der Waals surface area contributed by atoms with Gasteiger partial charge < -0.3 is 5.32 Å². The quantitative estimate of drug-likeness (QED) is 0.745. The second kappa shape index (κ2) is 5.48. The van der Waals surface area contributed by atoms with Gasteiger partial charge in [0.15, 0.2) is 0 Å². The van der Waals surface area contributed by atoms with Gasteiger partial charge >= 0.3 is 0 Å². The van der Waals surface area contributed by atoms with Gasteiger partial charge in [-0.1, -0.05) is 15.9 Å². The van der Waals surface area contributed by atoms with Crippen LogP contribution in [-0.2, 0) is 0 Å². The van der Waals surface area contributed by atoms with Crippen LogP contribution in [-0.4, -0.2) is 23.5 Å². The largest absolute Gasteiger partial charge is 0.351 e. The van der Waals surface area contributed by atoms with Crippen LogP contribution in [0.15, 0.2) is 22.7 Å².